The molecule has 0 heterocycles. The summed E-state index contributed by atoms with van der Waals surface area (Å²) in [5.41, 5.74) is 8.04. The monoisotopic (exact) mass is 409 g/mol. The van der Waals surface area contributed by atoms with Crippen LogP contribution in [0.3, 0.4) is 0 Å². The highest BCUT2D eigenvalue weighted by atomic mass is 127. The number of halogens is 1. The molecule has 6 heteroatoms. The van der Waals surface area contributed by atoms with Gasteiger partial charge >= 0.3 is 11.8 Å². The van der Waals surface area contributed by atoms with E-state index in [0.717, 1.165) is 14.7 Å². The average Bonchev–Trinajstić information content (AvgIpc) is 2.54. The number of hydrogen-bond acceptors (Lipinski definition) is 3. The smallest absolute Gasteiger partial charge is 0.313 e. The van der Waals surface area contributed by atoms with E-state index < -0.39 is 11.8 Å². The van der Waals surface area contributed by atoms with E-state index in [1.54, 1.807) is 12.1 Å². The van der Waals surface area contributed by atoms with Gasteiger partial charge in [0.2, 0.25) is 0 Å². The molecule has 0 aromatic heterocycles. The van der Waals surface area contributed by atoms with Gasteiger partial charge in [-0.3, -0.25) is 9.59 Å². The molecule has 2 rings (SSSR count). The molecule has 0 spiro atoms. The summed E-state index contributed by atoms with van der Waals surface area (Å²) in [5, 5.41) is 5.14. The van der Waals surface area contributed by atoms with Crippen molar-refractivity contribution in [3.63, 3.8) is 0 Å². The quantitative estimate of drug-likeness (QED) is 0.534. The summed E-state index contributed by atoms with van der Waals surface area (Å²) in [6.07, 6.45) is 0. The fourth-order valence-electron chi connectivity index (χ4n) is 1.85. The Bertz CT molecular complexity index is 671. The second kappa shape index (κ2) is 7.90. The third kappa shape index (κ3) is 4.81. The molecule has 5 nitrogen and oxygen atoms in total. The molecule has 4 N–H and O–H groups in total. The number of nitrogens with one attached hydrogen (secondary N) is 2. The summed E-state index contributed by atoms with van der Waals surface area (Å²) in [5.74, 6) is -1.35. The van der Waals surface area contributed by atoms with Crippen molar-refractivity contribution in [2.45, 2.75) is 13.1 Å². The molecule has 0 atom stereocenters. The van der Waals surface area contributed by atoms with Crippen LogP contribution in [-0.4, -0.2) is 11.8 Å². The van der Waals surface area contributed by atoms with E-state index in [0.29, 0.717) is 12.2 Å². The van der Waals surface area contributed by atoms with Crippen LogP contribution in [0.25, 0.3) is 0 Å². The normalized spacial score (nSPS) is 10.1. The molecule has 114 valence electrons. The van der Waals surface area contributed by atoms with Crippen molar-refractivity contribution in [1.29, 1.82) is 0 Å². The molecule has 0 aliphatic heterocycles. The van der Waals surface area contributed by atoms with E-state index in [4.69, 9.17) is 5.73 Å². The van der Waals surface area contributed by atoms with E-state index in [2.05, 4.69) is 33.2 Å². The zero-order chi connectivity index (χ0) is 15.9. The van der Waals surface area contributed by atoms with Gasteiger partial charge in [-0.25, -0.2) is 0 Å². The Labute approximate surface area is 142 Å². The van der Waals surface area contributed by atoms with Crippen LogP contribution >= 0.6 is 22.6 Å². The Kier molecular flexibility index (Phi) is 5.91. The van der Waals surface area contributed by atoms with Crippen LogP contribution in [-0.2, 0) is 22.7 Å². The number of amides is 2. The van der Waals surface area contributed by atoms with Gasteiger partial charge in [0, 0.05) is 22.3 Å². The summed E-state index contributed by atoms with van der Waals surface area (Å²) >= 11 is 2.17. The van der Waals surface area contributed by atoms with Crippen LogP contribution < -0.4 is 16.4 Å². The molecule has 0 bridgehead atoms. The van der Waals surface area contributed by atoms with Gasteiger partial charge in [0.25, 0.3) is 0 Å². The molecule has 0 radical (unpaired) electrons. The van der Waals surface area contributed by atoms with Crippen molar-refractivity contribution in [3.8, 4) is 0 Å². The summed E-state index contributed by atoms with van der Waals surface area (Å²) in [6, 6.07) is 14.8. The third-order valence-electron chi connectivity index (χ3n) is 2.99. The zero-order valence-corrected chi connectivity index (χ0v) is 14.0. The van der Waals surface area contributed by atoms with E-state index in [1.807, 2.05) is 36.4 Å². The highest BCUT2D eigenvalue weighted by Crippen LogP contribution is 2.11. The van der Waals surface area contributed by atoms with Gasteiger partial charge in [-0.05, 0) is 58.0 Å². The lowest BCUT2D eigenvalue weighted by Crippen LogP contribution is -2.34. The molecule has 2 amide bonds. The van der Waals surface area contributed by atoms with E-state index in [9.17, 15) is 9.59 Å². The van der Waals surface area contributed by atoms with Crippen LogP contribution in [0.15, 0.2) is 48.5 Å². The SMILES string of the molecule is NCc1cccc(CNC(=O)C(=O)Nc2ccc(I)cc2)c1. The van der Waals surface area contributed by atoms with Crippen LogP contribution in [0.2, 0.25) is 0 Å². The van der Waals surface area contributed by atoms with E-state index in [-0.39, 0.29) is 6.54 Å². The predicted octanol–water partition coefficient (Wildman–Crippen LogP) is 2.00. The Balaban J connectivity index is 1.88. The Morgan fingerprint density at radius 3 is 2.36 bits per heavy atom. The fourth-order valence-corrected chi connectivity index (χ4v) is 2.21. The molecule has 2 aromatic rings. The molecule has 0 saturated carbocycles. The first kappa shape index (κ1) is 16.4. The lowest BCUT2D eigenvalue weighted by molar-refractivity contribution is -0.136. The second-order valence-corrected chi connectivity index (χ2v) is 5.91. The number of benzene rings is 2. The number of anilines is 1. The molecule has 0 aliphatic rings. The minimum Gasteiger partial charge on any atom is -0.344 e. The lowest BCUT2D eigenvalue weighted by Gasteiger charge is -2.07. The van der Waals surface area contributed by atoms with Gasteiger partial charge in [0.05, 0.1) is 0 Å². The van der Waals surface area contributed by atoms with Crippen LogP contribution in [0.5, 0.6) is 0 Å². The predicted molar refractivity (Wildman–Crippen MR) is 94.0 cm³/mol. The summed E-state index contributed by atoms with van der Waals surface area (Å²) < 4.78 is 1.06. The maximum atomic E-state index is 11.8. The highest BCUT2D eigenvalue weighted by molar-refractivity contribution is 14.1. The lowest BCUT2D eigenvalue weighted by atomic mass is 10.1. The summed E-state index contributed by atoms with van der Waals surface area (Å²) in [4.78, 5) is 23.6. The van der Waals surface area contributed by atoms with Crippen molar-refractivity contribution < 1.29 is 9.59 Å². The van der Waals surface area contributed by atoms with Gasteiger partial charge in [-0.1, -0.05) is 24.3 Å². The van der Waals surface area contributed by atoms with Crippen molar-refractivity contribution in [2.24, 2.45) is 5.73 Å². The molecular formula is C16H16IN3O2. The van der Waals surface area contributed by atoms with Crippen molar-refractivity contribution in [2.75, 3.05) is 5.32 Å². The van der Waals surface area contributed by atoms with Crippen molar-refractivity contribution in [3.05, 3.63) is 63.2 Å². The maximum absolute atomic E-state index is 11.8. The number of carbonyl (C=O) groups excluding carboxylic acids is 2. The second-order valence-electron chi connectivity index (χ2n) is 4.67. The molecular weight excluding hydrogens is 393 g/mol. The van der Waals surface area contributed by atoms with E-state index >= 15 is 0 Å². The standard InChI is InChI=1S/C16H16IN3O2/c17-13-4-6-14(7-5-13)20-16(22)15(21)19-10-12-3-1-2-11(8-12)9-18/h1-8H,9-10,18H2,(H,19,21)(H,20,22). The summed E-state index contributed by atoms with van der Waals surface area (Å²) in [7, 11) is 0. The number of nitrogens with two attached hydrogens (primary N) is 1. The fraction of sp³-hybridized carbons (Fsp3) is 0.125. The number of hydrogen-bond donors (Lipinski definition) is 3. The largest absolute Gasteiger partial charge is 0.344 e. The molecule has 22 heavy (non-hydrogen) atoms. The van der Waals surface area contributed by atoms with Crippen LogP contribution in [0.1, 0.15) is 11.1 Å². The van der Waals surface area contributed by atoms with Gasteiger partial charge in [-0.2, -0.15) is 0 Å². The molecule has 0 saturated heterocycles. The van der Waals surface area contributed by atoms with Crippen molar-refractivity contribution >= 4 is 40.1 Å². The Morgan fingerprint density at radius 1 is 1.00 bits per heavy atom. The maximum Gasteiger partial charge on any atom is 0.313 e. The highest BCUT2D eigenvalue weighted by Gasteiger charge is 2.13. The molecule has 0 aliphatic carbocycles. The number of carbonyl (C=O) groups is 2. The first-order chi connectivity index (χ1) is 10.6. The molecule has 0 unspecified atom stereocenters. The molecule has 0 fully saturated rings. The van der Waals surface area contributed by atoms with Gasteiger partial charge in [0.15, 0.2) is 0 Å². The topological polar surface area (TPSA) is 84.2 Å². The van der Waals surface area contributed by atoms with Crippen LogP contribution in [0, 0.1) is 3.57 Å². The third-order valence-corrected chi connectivity index (χ3v) is 3.71. The van der Waals surface area contributed by atoms with E-state index in [1.165, 1.54) is 0 Å². The van der Waals surface area contributed by atoms with Crippen molar-refractivity contribution in [1.82, 2.24) is 5.32 Å². The van der Waals surface area contributed by atoms with Gasteiger partial charge in [0.1, 0.15) is 0 Å². The minimum atomic E-state index is -0.684. The van der Waals surface area contributed by atoms with Gasteiger partial charge in [-0.15, -0.1) is 0 Å². The van der Waals surface area contributed by atoms with Gasteiger partial charge < -0.3 is 16.4 Å². The zero-order valence-electron chi connectivity index (χ0n) is 11.8. The Morgan fingerprint density at radius 2 is 1.68 bits per heavy atom. The average molecular weight is 409 g/mol. The Hall–Kier alpha value is -1.93. The van der Waals surface area contributed by atoms with Crippen LogP contribution in [0.4, 0.5) is 5.69 Å². The first-order valence-electron chi connectivity index (χ1n) is 6.71. The number of rotatable bonds is 4. The summed E-state index contributed by atoms with van der Waals surface area (Å²) in [6.45, 7) is 0.724. The first-order valence-corrected chi connectivity index (χ1v) is 7.79. The minimum absolute atomic E-state index is 0.285. The molecule has 2 aromatic carbocycles.